The third kappa shape index (κ3) is 5.33. The van der Waals surface area contributed by atoms with Crippen LogP contribution in [0.25, 0.3) is 22.2 Å². The molecule has 4 aromatic carbocycles. The summed E-state index contributed by atoms with van der Waals surface area (Å²) in [4.78, 5) is 0. The van der Waals surface area contributed by atoms with Crippen LogP contribution in [-0.4, -0.2) is 9.78 Å². The smallest absolute Gasteiger partial charge is 0.259 e. The van der Waals surface area contributed by atoms with Crippen molar-refractivity contribution in [1.82, 2.24) is 9.78 Å². The third-order valence-electron chi connectivity index (χ3n) is 5.92. The molecule has 0 bridgehead atoms. The maximum atomic E-state index is 14.5. The van der Waals surface area contributed by atoms with Crippen molar-refractivity contribution in [2.24, 2.45) is 0 Å². The quantitative estimate of drug-likeness (QED) is 0.155. The molecule has 0 aliphatic carbocycles. The first-order valence-electron chi connectivity index (χ1n) is 11.3. The van der Waals surface area contributed by atoms with Gasteiger partial charge in [0.1, 0.15) is 23.0 Å². The van der Waals surface area contributed by atoms with Gasteiger partial charge in [-0.1, -0.05) is 65.4 Å². The van der Waals surface area contributed by atoms with Crippen molar-refractivity contribution in [2.75, 3.05) is 0 Å². The first-order chi connectivity index (χ1) is 18.5. The van der Waals surface area contributed by atoms with Crippen LogP contribution in [0.5, 0.6) is 0 Å². The Bertz CT molecular complexity index is 1770. The minimum atomic E-state index is -4.73. The Morgan fingerprint density at radius 3 is 2.23 bits per heavy atom. The van der Waals surface area contributed by atoms with Gasteiger partial charge in [0.15, 0.2) is 0 Å². The summed E-state index contributed by atoms with van der Waals surface area (Å²) >= 11 is 12.2. The molecule has 0 unspecified atom stereocenters. The SMILES string of the molecule is Fc1cc(F)c(Cn2nc3c(C(F)(F)F)cccc3c2-c2cccc(C#Cc3cccc(Cl)c3Cl)c2)c(F)c1. The average molecular weight is 575 g/mol. The fourth-order valence-electron chi connectivity index (χ4n) is 4.16. The molecule has 5 rings (SSSR count). The van der Waals surface area contributed by atoms with E-state index in [1.54, 1.807) is 42.5 Å². The second-order valence-corrected chi connectivity index (χ2v) is 9.27. The number of alkyl halides is 3. The highest BCUT2D eigenvalue weighted by atomic mass is 35.5. The topological polar surface area (TPSA) is 17.8 Å². The number of fused-ring (bicyclic) bond motifs is 1. The monoisotopic (exact) mass is 574 g/mol. The molecule has 39 heavy (non-hydrogen) atoms. The van der Waals surface area contributed by atoms with Gasteiger partial charge in [0.2, 0.25) is 0 Å². The molecule has 10 heteroatoms. The first kappa shape index (κ1) is 26.7. The number of nitrogens with zero attached hydrogens (tertiary/aromatic N) is 2. The van der Waals surface area contributed by atoms with Gasteiger partial charge >= 0.3 is 6.18 Å². The second-order valence-electron chi connectivity index (χ2n) is 8.49. The van der Waals surface area contributed by atoms with Crippen LogP contribution in [0.15, 0.2) is 72.8 Å². The van der Waals surface area contributed by atoms with Crippen LogP contribution in [-0.2, 0) is 12.7 Å². The van der Waals surface area contributed by atoms with E-state index >= 15 is 0 Å². The molecule has 1 heterocycles. The summed E-state index contributed by atoms with van der Waals surface area (Å²) in [7, 11) is 0. The van der Waals surface area contributed by atoms with Crippen molar-refractivity contribution >= 4 is 34.1 Å². The van der Waals surface area contributed by atoms with Crippen molar-refractivity contribution in [3.63, 3.8) is 0 Å². The van der Waals surface area contributed by atoms with Gasteiger partial charge in [-0.2, -0.15) is 18.3 Å². The highest BCUT2D eigenvalue weighted by Crippen LogP contribution is 2.38. The van der Waals surface area contributed by atoms with Gasteiger partial charge in [-0.25, -0.2) is 13.2 Å². The van der Waals surface area contributed by atoms with Gasteiger partial charge in [0, 0.05) is 39.8 Å². The Morgan fingerprint density at radius 2 is 1.51 bits per heavy atom. The molecule has 0 saturated carbocycles. The molecular weight excluding hydrogens is 561 g/mol. The summed E-state index contributed by atoms with van der Waals surface area (Å²) in [5.41, 5.74) is -0.438. The Balaban J connectivity index is 1.69. The summed E-state index contributed by atoms with van der Waals surface area (Å²) in [5.74, 6) is 2.36. The van der Waals surface area contributed by atoms with E-state index in [-0.39, 0.29) is 16.1 Å². The van der Waals surface area contributed by atoms with Crippen LogP contribution in [0, 0.1) is 29.3 Å². The van der Waals surface area contributed by atoms with E-state index < -0.39 is 46.8 Å². The Labute approximate surface area is 228 Å². The fourth-order valence-corrected chi connectivity index (χ4v) is 4.50. The highest BCUT2D eigenvalue weighted by molar-refractivity contribution is 6.42. The van der Waals surface area contributed by atoms with E-state index in [2.05, 4.69) is 16.9 Å². The zero-order valence-electron chi connectivity index (χ0n) is 19.6. The molecule has 0 atom stereocenters. The van der Waals surface area contributed by atoms with E-state index in [4.69, 9.17) is 23.2 Å². The fraction of sp³-hybridized carbons (Fsp3) is 0.0690. The largest absolute Gasteiger partial charge is 0.418 e. The Hall–Kier alpha value is -3.93. The van der Waals surface area contributed by atoms with Crippen molar-refractivity contribution in [3.05, 3.63) is 123 Å². The zero-order chi connectivity index (χ0) is 27.9. The Morgan fingerprint density at radius 1 is 0.821 bits per heavy atom. The van der Waals surface area contributed by atoms with Crippen molar-refractivity contribution in [1.29, 1.82) is 0 Å². The van der Waals surface area contributed by atoms with Crippen LogP contribution in [0.1, 0.15) is 22.3 Å². The maximum absolute atomic E-state index is 14.5. The van der Waals surface area contributed by atoms with Crippen LogP contribution in [0.4, 0.5) is 26.3 Å². The number of benzene rings is 4. The van der Waals surface area contributed by atoms with Gasteiger partial charge < -0.3 is 0 Å². The molecule has 196 valence electrons. The maximum Gasteiger partial charge on any atom is 0.418 e. The predicted molar refractivity (Wildman–Crippen MR) is 138 cm³/mol. The number of rotatable bonds is 3. The lowest BCUT2D eigenvalue weighted by Gasteiger charge is -2.11. The van der Waals surface area contributed by atoms with Crippen LogP contribution in [0.3, 0.4) is 0 Å². The molecule has 2 nitrogen and oxygen atoms in total. The summed E-state index contributed by atoms with van der Waals surface area (Å²) in [5, 5.41) is 4.81. The standard InChI is InChI=1S/C29H14Cl2F6N2/c30-23-9-2-5-17(26(23)31)11-10-16-4-1-6-18(12-16)28-20-7-3-8-22(29(35,36)37)27(20)38-39(28)15-21-24(33)13-19(32)14-25(21)34/h1-9,12-14H,15H2. The number of hydrogen-bond donors (Lipinski definition) is 0. The molecule has 0 N–H and O–H groups in total. The van der Waals surface area contributed by atoms with E-state index in [0.29, 0.717) is 33.8 Å². The molecule has 0 saturated heterocycles. The van der Waals surface area contributed by atoms with Crippen molar-refractivity contribution in [3.8, 4) is 23.1 Å². The van der Waals surface area contributed by atoms with E-state index in [0.717, 1.165) is 10.7 Å². The molecular formula is C29H14Cl2F6N2. The number of hydrogen-bond acceptors (Lipinski definition) is 1. The lowest BCUT2D eigenvalue weighted by Crippen LogP contribution is -2.09. The zero-order valence-corrected chi connectivity index (χ0v) is 21.1. The molecule has 5 aromatic rings. The minimum absolute atomic E-state index is 0.107. The van der Waals surface area contributed by atoms with E-state index in [1.165, 1.54) is 12.1 Å². The normalized spacial score (nSPS) is 11.5. The lowest BCUT2D eigenvalue weighted by molar-refractivity contribution is -0.136. The lowest BCUT2D eigenvalue weighted by atomic mass is 10.0. The van der Waals surface area contributed by atoms with Gasteiger partial charge in [-0.05, 0) is 30.3 Å². The van der Waals surface area contributed by atoms with Crippen LogP contribution in [0.2, 0.25) is 10.0 Å². The van der Waals surface area contributed by atoms with Crippen molar-refractivity contribution in [2.45, 2.75) is 12.7 Å². The number of halogens is 8. The molecule has 0 spiro atoms. The Kier molecular flexibility index (Phi) is 7.06. The van der Waals surface area contributed by atoms with Gasteiger partial charge in [-0.15, -0.1) is 0 Å². The van der Waals surface area contributed by atoms with Gasteiger partial charge in [-0.3, -0.25) is 4.68 Å². The van der Waals surface area contributed by atoms with Crippen LogP contribution < -0.4 is 0 Å². The molecule has 0 amide bonds. The molecule has 0 radical (unpaired) electrons. The molecule has 0 aliphatic rings. The molecule has 0 fully saturated rings. The minimum Gasteiger partial charge on any atom is -0.259 e. The molecule has 1 aromatic heterocycles. The van der Waals surface area contributed by atoms with Crippen LogP contribution >= 0.6 is 23.2 Å². The summed E-state index contributed by atoms with van der Waals surface area (Å²) in [6, 6.07) is 16.0. The summed E-state index contributed by atoms with van der Waals surface area (Å²) < 4.78 is 84.9. The number of aromatic nitrogens is 2. The summed E-state index contributed by atoms with van der Waals surface area (Å²) in [6.07, 6.45) is -4.73. The average Bonchev–Trinajstić information content (AvgIpc) is 3.24. The first-order valence-corrected chi connectivity index (χ1v) is 12.0. The third-order valence-corrected chi connectivity index (χ3v) is 6.74. The molecule has 0 aliphatic heterocycles. The van der Waals surface area contributed by atoms with E-state index in [9.17, 15) is 26.3 Å². The summed E-state index contributed by atoms with van der Waals surface area (Å²) in [6.45, 7) is -0.590. The highest BCUT2D eigenvalue weighted by Gasteiger charge is 2.34. The second kappa shape index (κ2) is 10.3. The van der Waals surface area contributed by atoms with Crippen molar-refractivity contribution < 1.29 is 26.3 Å². The predicted octanol–water partition coefficient (Wildman–Crippen LogP) is 8.89. The van der Waals surface area contributed by atoms with Gasteiger partial charge in [0.05, 0.1) is 27.8 Å². The van der Waals surface area contributed by atoms with E-state index in [1.807, 2.05) is 0 Å². The van der Waals surface area contributed by atoms with Gasteiger partial charge in [0.25, 0.3) is 0 Å².